The van der Waals surface area contributed by atoms with Crippen LogP contribution >= 0.6 is 12.6 Å². The van der Waals surface area contributed by atoms with Crippen molar-refractivity contribution >= 4 is 18.7 Å². The van der Waals surface area contributed by atoms with Gasteiger partial charge in [-0.2, -0.15) is 0 Å². The monoisotopic (exact) mass is 240 g/mol. The van der Waals surface area contributed by atoms with E-state index >= 15 is 0 Å². The van der Waals surface area contributed by atoms with Crippen molar-refractivity contribution < 1.29 is 10.0 Å². The van der Waals surface area contributed by atoms with Crippen LogP contribution in [0.4, 0.5) is 4.79 Å². The zero-order valence-corrected chi connectivity index (χ0v) is 10.1. The minimum Gasteiger partial charge on any atom is -0.336 e. The van der Waals surface area contributed by atoms with Gasteiger partial charge < -0.3 is 5.32 Å². The van der Waals surface area contributed by atoms with Crippen molar-refractivity contribution in [1.29, 1.82) is 0 Å². The van der Waals surface area contributed by atoms with E-state index in [4.69, 9.17) is 5.21 Å². The SMILES string of the molecule is CN(O)C(=O)NCCCc1ccccc1S. The van der Waals surface area contributed by atoms with E-state index in [1.807, 2.05) is 24.3 Å². The van der Waals surface area contributed by atoms with Crippen LogP contribution in [0.5, 0.6) is 0 Å². The van der Waals surface area contributed by atoms with Gasteiger partial charge >= 0.3 is 6.03 Å². The summed E-state index contributed by atoms with van der Waals surface area (Å²) in [6.45, 7) is 0.534. The van der Waals surface area contributed by atoms with Crippen LogP contribution in [0.1, 0.15) is 12.0 Å². The topological polar surface area (TPSA) is 52.6 Å². The van der Waals surface area contributed by atoms with E-state index in [0.717, 1.165) is 23.3 Å². The van der Waals surface area contributed by atoms with E-state index in [-0.39, 0.29) is 0 Å². The summed E-state index contributed by atoms with van der Waals surface area (Å²) in [5.41, 5.74) is 1.16. The molecule has 0 spiro atoms. The van der Waals surface area contributed by atoms with Gasteiger partial charge in [0, 0.05) is 18.5 Å². The first kappa shape index (κ1) is 12.9. The fourth-order valence-corrected chi connectivity index (χ4v) is 1.58. The van der Waals surface area contributed by atoms with E-state index in [1.54, 1.807) is 0 Å². The maximum absolute atomic E-state index is 11.0. The fraction of sp³-hybridized carbons (Fsp3) is 0.364. The maximum Gasteiger partial charge on any atom is 0.340 e. The zero-order valence-electron chi connectivity index (χ0n) is 9.18. The molecule has 0 saturated carbocycles. The second kappa shape index (κ2) is 6.40. The molecule has 0 atom stereocenters. The lowest BCUT2D eigenvalue weighted by Crippen LogP contribution is -2.35. The van der Waals surface area contributed by atoms with Gasteiger partial charge in [0.25, 0.3) is 0 Å². The molecule has 0 aliphatic heterocycles. The number of thiol groups is 1. The maximum atomic E-state index is 11.0. The molecule has 1 aromatic carbocycles. The molecule has 0 radical (unpaired) electrons. The largest absolute Gasteiger partial charge is 0.340 e. The minimum absolute atomic E-state index is 0.487. The third-order valence-corrected chi connectivity index (χ3v) is 2.62. The van der Waals surface area contributed by atoms with Crippen LogP contribution in [0, 0.1) is 0 Å². The number of urea groups is 1. The molecule has 0 saturated heterocycles. The Morgan fingerprint density at radius 2 is 2.19 bits per heavy atom. The molecule has 2 N–H and O–H groups in total. The highest BCUT2D eigenvalue weighted by molar-refractivity contribution is 7.80. The summed E-state index contributed by atoms with van der Waals surface area (Å²) >= 11 is 4.34. The molecule has 0 bridgehead atoms. The number of carbonyl (C=O) groups excluding carboxylic acids is 1. The Kier molecular flexibility index (Phi) is 5.14. The number of amides is 2. The van der Waals surface area contributed by atoms with Gasteiger partial charge in [-0.15, -0.1) is 12.6 Å². The number of hydroxylamine groups is 2. The van der Waals surface area contributed by atoms with Crippen LogP contribution < -0.4 is 5.32 Å². The summed E-state index contributed by atoms with van der Waals surface area (Å²) < 4.78 is 0. The van der Waals surface area contributed by atoms with Gasteiger partial charge in [0.15, 0.2) is 0 Å². The zero-order chi connectivity index (χ0) is 12.0. The van der Waals surface area contributed by atoms with Crippen LogP contribution in [0.3, 0.4) is 0 Å². The Morgan fingerprint density at radius 1 is 1.50 bits per heavy atom. The van der Waals surface area contributed by atoms with Gasteiger partial charge in [0.1, 0.15) is 0 Å². The summed E-state index contributed by atoms with van der Waals surface area (Å²) in [4.78, 5) is 11.9. The summed E-state index contributed by atoms with van der Waals surface area (Å²) in [6, 6.07) is 7.38. The van der Waals surface area contributed by atoms with Crippen LogP contribution in [0.2, 0.25) is 0 Å². The molecule has 88 valence electrons. The molecule has 4 nitrogen and oxygen atoms in total. The quantitative estimate of drug-likeness (QED) is 0.326. The van der Waals surface area contributed by atoms with Crippen molar-refractivity contribution in [2.75, 3.05) is 13.6 Å². The number of rotatable bonds is 4. The second-order valence-electron chi connectivity index (χ2n) is 3.49. The molecule has 2 amide bonds. The number of nitrogens with one attached hydrogen (secondary N) is 1. The summed E-state index contributed by atoms with van der Waals surface area (Å²) in [7, 11) is 1.29. The van der Waals surface area contributed by atoms with E-state index in [2.05, 4.69) is 17.9 Å². The highest BCUT2D eigenvalue weighted by atomic mass is 32.1. The Labute approximate surface area is 101 Å². The predicted molar refractivity (Wildman–Crippen MR) is 65.0 cm³/mol. The Balaban J connectivity index is 2.26. The third kappa shape index (κ3) is 4.12. The number of hydrogen-bond acceptors (Lipinski definition) is 3. The van der Waals surface area contributed by atoms with Crippen LogP contribution in [0.15, 0.2) is 29.2 Å². The molecule has 1 aromatic rings. The summed E-state index contributed by atoms with van der Waals surface area (Å²) in [5.74, 6) is 0. The molecule has 0 aromatic heterocycles. The normalized spacial score (nSPS) is 9.94. The standard InChI is InChI=1S/C11H16N2O2S/c1-13(15)11(14)12-8-4-6-9-5-2-3-7-10(9)16/h2-3,5,7,15-16H,4,6,8H2,1H3,(H,12,14). The highest BCUT2D eigenvalue weighted by Crippen LogP contribution is 2.14. The Bertz CT molecular complexity index is 356. The molecule has 0 heterocycles. The van der Waals surface area contributed by atoms with Crippen molar-refractivity contribution in [2.24, 2.45) is 0 Å². The van der Waals surface area contributed by atoms with Crippen LogP contribution in [0.25, 0.3) is 0 Å². The second-order valence-corrected chi connectivity index (χ2v) is 3.97. The minimum atomic E-state index is -0.487. The lowest BCUT2D eigenvalue weighted by Gasteiger charge is -2.10. The lowest BCUT2D eigenvalue weighted by atomic mass is 10.1. The number of nitrogens with zero attached hydrogens (tertiary/aromatic N) is 1. The van der Waals surface area contributed by atoms with Crippen molar-refractivity contribution in [3.05, 3.63) is 29.8 Å². The number of benzene rings is 1. The van der Waals surface area contributed by atoms with E-state index < -0.39 is 6.03 Å². The molecular weight excluding hydrogens is 224 g/mol. The molecule has 0 unspecified atom stereocenters. The van der Waals surface area contributed by atoms with Gasteiger partial charge in [0.2, 0.25) is 0 Å². The Hall–Kier alpha value is -1.20. The van der Waals surface area contributed by atoms with Gasteiger partial charge in [-0.3, -0.25) is 5.21 Å². The van der Waals surface area contributed by atoms with Crippen molar-refractivity contribution in [1.82, 2.24) is 10.4 Å². The predicted octanol–water partition coefficient (Wildman–Crippen LogP) is 1.94. The fourth-order valence-electron chi connectivity index (χ4n) is 1.31. The molecule has 0 aliphatic carbocycles. The molecule has 5 heteroatoms. The number of aryl methyl sites for hydroxylation is 1. The summed E-state index contributed by atoms with van der Waals surface area (Å²) in [6.07, 6.45) is 1.67. The van der Waals surface area contributed by atoms with Gasteiger partial charge in [-0.05, 0) is 24.5 Å². The number of hydrogen-bond donors (Lipinski definition) is 3. The summed E-state index contributed by atoms with van der Waals surface area (Å²) in [5, 5.41) is 11.9. The first-order valence-electron chi connectivity index (χ1n) is 5.08. The Morgan fingerprint density at radius 3 is 2.81 bits per heavy atom. The third-order valence-electron chi connectivity index (χ3n) is 2.18. The molecular formula is C11H16N2O2S. The van der Waals surface area contributed by atoms with E-state index in [1.165, 1.54) is 7.05 Å². The smallest absolute Gasteiger partial charge is 0.336 e. The molecule has 1 rings (SSSR count). The average molecular weight is 240 g/mol. The molecule has 0 aliphatic rings. The first-order chi connectivity index (χ1) is 7.61. The van der Waals surface area contributed by atoms with Crippen LogP contribution in [-0.4, -0.2) is 29.9 Å². The van der Waals surface area contributed by atoms with Crippen molar-refractivity contribution in [3.63, 3.8) is 0 Å². The van der Waals surface area contributed by atoms with Crippen LogP contribution in [-0.2, 0) is 6.42 Å². The first-order valence-corrected chi connectivity index (χ1v) is 5.53. The van der Waals surface area contributed by atoms with Crippen molar-refractivity contribution in [3.8, 4) is 0 Å². The lowest BCUT2D eigenvalue weighted by molar-refractivity contribution is -0.0182. The van der Waals surface area contributed by atoms with Crippen molar-refractivity contribution in [2.45, 2.75) is 17.7 Å². The highest BCUT2D eigenvalue weighted by Gasteiger charge is 2.03. The van der Waals surface area contributed by atoms with Gasteiger partial charge in [0.05, 0.1) is 0 Å². The van der Waals surface area contributed by atoms with Gasteiger partial charge in [-0.1, -0.05) is 18.2 Å². The average Bonchev–Trinajstić information content (AvgIpc) is 2.26. The van der Waals surface area contributed by atoms with Gasteiger partial charge in [-0.25, -0.2) is 9.86 Å². The van der Waals surface area contributed by atoms with E-state index in [9.17, 15) is 4.79 Å². The molecule has 16 heavy (non-hydrogen) atoms. The number of carbonyl (C=O) groups is 1. The molecule has 0 fully saturated rings. The van der Waals surface area contributed by atoms with E-state index in [0.29, 0.717) is 11.6 Å².